The summed E-state index contributed by atoms with van der Waals surface area (Å²) in [5.74, 6) is 0.598. The van der Waals surface area contributed by atoms with Gasteiger partial charge in [0.2, 0.25) is 0 Å². The second kappa shape index (κ2) is 6.75. The summed E-state index contributed by atoms with van der Waals surface area (Å²) in [5.41, 5.74) is 3.00. The lowest BCUT2D eigenvalue weighted by atomic mass is 10.1. The van der Waals surface area contributed by atoms with Gasteiger partial charge in [-0.25, -0.2) is 0 Å². The van der Waals surface area contributed by atoms with Crippen molar-refractivity contribution in [3.63, 3.8) is 0 Å². The molecule has 3 heteroatoms. The molecule has 0 aliphatic carbocycles. The van der Waals surface area contributed by atoms with Crippen LogP contribution in [-0.2, 0) is 11.2 Å². The van der Waals surface area contributed by atoms with Crippen LogP contribution in [0.1, 0.15) is 18.1 Å². The predicted octanol–water partition coefficient (Wildman–Crippen LogP) is 3.57. The maximum absolute atomic E-state index is 11.9. The van der Waals surface area contributed by atoms with Gasteiger partial charge in [-0.2, -0.15) is 0 Å². The molecule has 0 radical (unpaired) electrons. The van der Waals surface area contributed by atoms with Crippen molar-refractivity contribution < 1.29 is 9.53 Å². The van der Waals surface area contributed by atoms with Crippen molar-refractivity contribution in [2.45, 2.75) is 20.3 Å². The van der Waals surface area contributed by atoms with Gasteiger partial charge in [0.05, 0.1) is 0 Å². The topological polar surface area (TPSA) is 38.3 Å². The summed E-state index contributed by atoms with van der Waals surface area (Å²) in [4.78, 5) is 11.9. The number of hydrogen-bond acceptors (Lipinski definition) is 2. The molecule has 0 aliphatic heterocycles. The highest BCUT2D eigenvalue weighted by Crippen LogP contribution is 2.17. The summed E-state index contributed by atoms with van der Waals surface area (Å²) in [7, 11) is 0. The highest BCUT2D eigenvalue weighted by Gasteiger charge is 2.07. The average Bonchev–Trinajstić information content (AvgIpc) is 2.47. The molecular weight excluding hydrogens is 250 g/mol. The van der Waals surface area contributed by atoms with Gasteiger partial charge in [-0.3, -0.25) is 4.79 Å². The monoisotopic (exact) mass is 269 g/mol. The first-order valence-corrected chi connectivity index (χ1v) is 6.77. The zero-order valence-electron chi connectivity index (χ0n) is 11.8. The Kier molecular flexibility index (Phi) is 4.77. The third kappa shape index (κ3) is 3.60. The normalized spacial score (nSPS) is 10.1. The van der Waals surface area contributed by atoms with E-state index < -0.39 is 0 Å². The second-order valence-electron chi connectivity index (χ2n) is 4.61. The van der Waals surface area contributed by atoms with Crippen LogP contribution < -0.4 is 10.1 Å². The Morgan fingerprint density at radius 1 is 1.10 bits per heavy atom. The fourth-order valence-electron chi connectivity index (χ4n) is 2.00. The number of para-hydroxylation sites is 2. The van der Waals surface area contributed by atoms with Crippen LogP contribution in [0.25, 0.3) is 0 Å². The van der Waals surface area contributed by atoms with E-state index in [9.17, 15) is 4.79 Å². The first kappa shape index (κ1) is 14.1. The minimum Gasteiger partial charge on any atom is -0.483 e. The molecule has 0 heterocycles. The third-order valence-corrected chi connectivity index (χ3v) is 3.12. The second-order valence-corrected chi connectivity index (χ2v) is 4.61. The Hall–Kier alpha value is -2.29. The number of rotatable bonds is 5. The zero-order chi connectivity index (χ0) is 14.4. The minimum absolute atomic E-state index is 0.0168. The molecule has 0 aliphatic rings. The van der Waals surface area contributed by atoms with E-state index in [-0.39, 0.29) is 12.5 Å². The number of nitrogens with one attached hydrogen (secondary N) is 1. The molecule has 20 heavy (non-hydrogen) atoms. The van der Waals surface area contributed by atoms with Crippen LogP contribution in [0.15, 0.2) is 48.5 Å². The summed E-state index contributed by atoms with van der Waals surface area (Å²) in [5, 5.41) is 2.89. The number of amides is 1. The van der Waals surface area contributed by atoms with E-state index >= 15 is 0 Å². The number of carbonyl (C=O) groups is 1. The highest BCUT2D eigenvalue weighted by atomic mass is 16.5. The molecule has 0 saturated heterocycles. The van der Waals surface area contributed by atoms with Crippen molar-refractivity contribution in [1.82, 2.24) is 0 Å². The van der Waals surface area contributed by atoms with E-state index in [1.165, 1.54) is 0 Å². The van der Waals surface area contributed by atoms with Crippen molar-refractivity contribution in [1.29, 1.82) is 0 Å². The standard InChI is InChI=1S/C17H19NO2/c1-3-14-9-5-6-10-15(14)18-17(19)12-20-16-11-7-4-8-13(16)2/h4-11H,3,12H2,1-2H3,(H,18,19). The molecule has 104 valence electrons. The Morgan fingerprint density at radius 2 is 1.80 bits per heavy atom. The maximum Gasteiger partial charge on any atom is 0.262 e. The average molecular weight is 269 g/mol. The summed E-state index contributed by atoms with van der Waals surface area (Å²) in [6.07, 6.45) is 0.884. The van der Waals surface area contributed by atoms with Crippen molar-refractivity contribution in [3.05, 3.63) is 59.7 Å². The summed E-state index contributed by atoms with van der Waals surface area (Å²) in [6.45, 7) is 4.04. The Labute approximate surface area is 119 Å². The van der Waals surface area contributed by atoms with Gasteiger partial charge in [0, 0.05) is 5.69 Å². The first-order valence-electron chi connectivity index (χ1n) is 6.77. The molecule has 0 atom stereocenters. The lowest BCUT2D eigenvalue weighted by molar-refractivity contribution is -0.118. The van der Waals surface area contributed by atoms with Gasteiger partial charge in [0.25, 0.3) is 5.91 Å². The van der Waals surface area contributed by atoms with Gasteiger partial charge in [-0.15, -0.1) is 0 Å². The summed E-state index contributed by atoms with van der Waals surface area (Å²) in [6, 6.07) is 15.5. The first-order chi connectivity index (χ1) is 9.70. The number of benzene rings is 2. The maximum atomic E-state index is 11.9. The van der Waals surface area contributed by atoms with E-state index in [4.69, 9.17) is 4.74 Å². The fraction of sp³-hybridized carbons (Fsp3) is 0.235. The fourth-order valence-corrected chi connectivity index (χ4v) is 2.00. The van der Waals surface area contributed by atoms with E-state index in [2.05, 4.69) is 12.2 Å². The van der Waals surface area contributed by atoms with Gasteiger partial charge in [0.1, 0.15) is 5.75 Å². The number of aryl methyl sites for hydroxylation is 2. The molecule has 0 bridgehead atoms. The Balaban J connectivity index is 1.95. The molecule has 2 rings (SSSR count). The number of hydrogen-bond donors (Lipinski definition) is 1. The van der Waals surface area contributed by atoms with Crippen molar-refractivity contribution in [2.75, 3.05) is 11.9 Å². The van der Waals surface area contributed by atoms with Crippen LogP contribution in [0, 0.1) is 6.92 Å². The number of anilines is 1. The SMILES string of the molecule is CCc1ccccc1NC(=O)COc1ccccc1C. The van der Waals surface area contributed by atoms with Crippen LogP contribution in [0.4, 0.5) is 5.69 Å². The van der Waals surface area contributed by atoms with Crippen LogP contribution in [0.5, 0.6) is 5.75 Å². The number of carbonyl (C=O) groups excluding carboxylic acids is 1. The molecule has 0 unspecified atom stereocenters. The minimum atomic E-state index is -0.144. The van der Waals surface area contributed by atoms with Crippen LogP contribution in [0.3, 0.4) is 0 Å². The molecule has 1 amide bonds. The molecular formula is C17H19NO2. The van der Waals surface area contributed by atoms with Crippen LogP contribution >= 0.6 is 0 Å². The van der Waals surface area contributed by atoms with E-state index in [1.54, 1.807) is 0 Å². The van der Waals surface area contributed by atoms with E-state index in [0.29, 0.717) is 0 Å². The van der Waals surface area contributed by atoms with E-state index in [1.807, 2.05) is 55.5 Å². The van der Waals surface area contributed by atoms with Crippen molar-refractivity contribution in [2.24, 2.45) is 0 Å². The predicted molar refractivity (Wildman–Crippen MR) is 81.1 cm³/mol. The van der Waals surface area contributed by atoms with Gasteiger partial charge < -0.3 is 10.1 Å². The van der Waals surface area contributed by atoms with Crippen LogP contribution in [-0.4, -0.2) is 12.5 Å². The molecule has 3 nitrogen and oxygen atoms in total. The third-order valence-electron chi connectivity index (χ3n) is 3.12. The largest absolute Gasteiger partial charge is 0.483 e. The highest BCUT2D eigenvalue weighted by molar-refractivity contribution is 5.92. The molecule has 0 spiro atoms. The smallest absolute Gasteiger partial charge is 0.262 e. The van der Waals surface area contributed by atoms with Crippen molar-refractivity contribution >= 4 is 11.6 Å². The molecule has 2 aromatic rings. The molecule has 0 saturated carbocycles. The van der Waals surface area contributed by atoms with Gasteiger partial charge in [0.15, 0.2) is 6.61 Å². The lowest BCUT2D eigenvalue weighted by Gasteiger charge is -2.11. The van der Waals surface area contributed by atoms with Crippen LogP contribution in [0.2, 0.25) is 0 Å². The lowest BCUT2D eigenvalue weighted by Crippen LogP contribution is -2.21. The zero-order valence-corrected chi connectivity index (χ0v) is 11.8. The molecule has 2 aromatic carbocycles. The number of ether oxygens (including phenoxy) is 1. The summed E-state index contributed by atoms with van der Waals surface area (Å²) >= 11 is 0. The summed E-state index contributed by atoms with van der Waals surface area (Å²) < 4.78 is 5.53. The molecule has 0 fully saturated rings. The molecule has 1 N–H and O–H groups in total. The Bertz CT molecular complexity index is 593. The van der Waals surface area contributed by atoms with Gasteiger partial charge in [-0.05, 0) is 36.6 Å². The molecule has 0 aromatic heterocycles. The van der Waals surface area contributed by atoms with Gasteiger partial charge >= 0.3 is 0 Å². The van der Waals surface area contributed by atoms with Gasteiger partial charge in [-0.1, -0.05) is 43.3 Å². The quantitative estimate of drug-likeness (QED) is 0.901. The Morgan fingerprint density at radius 3 is 2.55 bits per heavy atom. The van der Waals surface area contributed by atoms with Crippen molar-refractivity contribution in [3.8, 4) is 5.75 Å². The van der Waals surface area contributed by atoms with E-state index in [0.717, 1.165) is 29.0 Å².